The molecule has 9 heteroatoms. The van der Waals surface area contributed by atoms with Crippen LogP contribution in [-0.2, 0) is 4.79 Å². The summed E-state index contributed by atoms with van der Waals surface area (Å²) >= 11 is 16.8. The van der Waals surface area contributed by atoms with E-state index in [2.05, 4.69) is 30.4 Å². The number of nitrogens with zero attached hydrogens (tertiary/aromatic N) is 2. The van der Waals surface area contributed by atoms with Crippen LogP contribution in [0.5, 0.6) is 0 Å². The number of amides is 1. The molecule has 25 heavy (non-hydrogen) atoms. The number of aromatic nitrogens is 2. The summed E-state index contributed by atoms with van der Waals surface area (Å²) < 4.78 is 5.97. The van der Waals surface area contributed by atoms with E-state index < -0.39 is 0 Å². The zero-order valence-electron chi connectivity index (χ0n) is 12.5. The fourth-order valence-corrected chi connectivity index (χ4v) is 5.14. The summed E-state index contributed by atoms with van der Waals surface area (Å²) in [6.45, 7) is 0. The van der Waals surface area contributed by atoms with Gasteiger partial charge in [0.1, 0.15) is 0 Å². The molecule has 0 aliphatic carbocycles. The van der Waals surface area contributed by atoms with Gasteiger partial charge < -0.3 is 0 Å². The van der Waals surface area contributed by atoms with Crippen molar-refractivity contribution in [1.29, 1.82) is 0 Å². The van der Waals surface area contributed by atoms with Gasteiger partial charge in [0.2, 0.25) is 0 Å². The number of rotatable bonds is 5. The molecule has 3 rings (SSSR count). The molecular weight excluding hydrogens is 512 g/mol. The Hall–Kier alpha value is -0.821. The van der Waals surface area contributed by atoms with Crippen LogP contribution in [0.15, 0.2) is 50.7 Å². The summed E-state index contributed by atoms with van der Waals surface area (Å²) in [5.41, 5.74) is 2.36. The van der Waals surface area contributed by atoms with Crippen molar-refractivity contribution in [2.24, 2.45) is 0 Å². The average molecular weight is 522 g/mol. The fraction of sp³-hybridized carbons (Fsp3) is 0.0625. The van der Waals surface area contributed by atoms with Crippen molar-refractivity contribution in [3.8, 4) is 11.3 Å². The molecule has 0 saturated heterocycles. The summed E-state index contributed by atoms with van der Waals surface area (Å²) in [7, 11) is 0. The van der Waals surface area contributed by atoms with E-state index in [-0.39, 0.29) is 26.4 Å². The summed E-state index contributed by atoms with van der Waals surface area (Å²) in [5, 5.41) is 8.05. The Balaban J connectivity index is 1.68. The molecule has 2 aromatic carbocycles. The van der Waals surface area contributed by atoms with Crippen molar-refractivity contribution in [1.82, 2.24) is 9.19 Å². The number of halogens is 3. The van der Waals surface area contributed by atoms with Crippen LogP contribution in [0.25, 0.3) is 11.3 Å². The maximum atomic E-state index is 12.2. The van der Waals surface area contributed by atoms with Crippen LogP contribution in [0.1, 0.15) is 0 Å². The first-order valence-corrected chi connectivity index (χ1v) is 11.2. The Morgan fingerprint density at radius 2 is 2.00 bits per heavy atom. The fourth-order valence-electron chi connectivity index (χ4n) is 1.98. The Bertz CT molecular complexity index is 922. The van der Waals surface area contributed by atoms with Gasteiger partial charge in [-0.25, -0.2) is 0 Å². The molecule has 4 nitrogen and oxygen atoms in total. The van der Waals surface area contributed by atoms with Crippen molar-refractivity contribution in [2.45, 2.75) is 3.77 Å². The van der Waals surface area contributed by atoms with Gasteiger partial charge in [0.15, 0.2) is 0 Å². The SMILES string of the molecule is O=C(CSc1[se]nnc1-c1ccc(Cl)c(Cl)c1)Nc1ccccc1Br. The van der Waals surface area contributed by atoms with Crippen molar-refractivity contribution in [2.75, 3.05) is 11.1 Å². The third-order valence-electron chi connectivity index (χ3n) is 3.13. The molecule has 128 valence electrons. The summed E-state index contributed by atoms with van der Waals surface area (Å²) in [6.07, 6.45) is 0. The normalized spacial score (nSPS) is 10.7. The van der Waals surface area contributed by atoms with Crippen LogP contribution < -0.4 is 5.32 Å². The number of carbonyl (C=O) groups is 1. The Morgan fingerprint density at radius 3 is 2.76 bits per heavy atom. The van der Waals surface area contributed by atoms with Gasteiger partial charge in [-0.15, -0.1) is 0 Å². The van der Waals surface area contributed by atoms with E-state index in [4.69, 9.17) is 23.2 Å². The van der Waals surface area contributed by atoms with Gasteiger partial charge in [-0.2, -0.15) is 0 Å². The van der Waals surface area contributed by atoms with Crippen molar-refractivity contribution >= 4 is 77.2 Å². The standard InChI is InChI=1S/C16H10BrCl2N3OSSe/c17-10-3-1-2-4-13(10)20-14(23)8-24-16-15(21-22-25-16)9-5-6-11(18)12(19)7-9/h1-7H,8H2,(H,20,23). The van der Waals surface area contributed by atoms with Gasteiger partial charge in [0, 0.05) is 0 Å². The molecule has 0 unspecified atom stereocenters. The molecule has 0 fully saturated rings. The number of hydrogen-bond donors (Lipinski definition) is 1. The van der Waals surface area contributed by atoms with Crippen LogP contribution in [0.4, 0.5) is 5.69 Å². The van der Waals surface area contributed by atoms with Crippen molar-refractivity contribution in [3.05, 3.63) is 57.0 Å². The third kappa shape index (κ3) is 4.88. The zero-order chi connectivity index (χ0) is 17.8. The second-order valence-corrected chi connectivity index (χ2v) is 9.67. The van der Waals surface area contributed by atoms with Crippen LogP contribution in [0.3, 0.4) is 0 Å². The minimum atomic E-state index is -0.125. The molecule has 0 atom stereocenters. The van der Waals surface area contributed by atoms with E-state index in [1.807, 2.05) is 30.3 Å². The molecule has 0 saturated carbocycles. The van der Waals surface area contributed by atoms with E-state index in [1.54, 1.807) is 12.1 Å². The first-order valence-electron chi connectivity index (χ1n) is 6.99. The number of hydrogen-bond acceptors (Lipinski definition) is 4. The third-order valence-corrected chi connectivity index (χ3v) is 7.65. The number of carbonyl (C=O) groups excluding carboxylic acids is 1. The van der Waals surface area contributed by atoms with Gasteiger partial charge in [-0.1, -0.05) is 0 Å². The quantitative estimate of drug-likeness (QED) is 0.379. The molecule has 0 aliphatic rings. The Morgan fingerprint density at radius 1 is 1.20 bits per heavy atom. The Labute approximate surface area is 173 Å². The second kappa shape index (κ2) is 8.71. The van der Waals surface area contributed by atoms with E-state index in [1.165, 1.54) is 11.8 Å². The molecule has 1 N–H and O–H groups in total. The molecule has 1 amide bonds. The molecule has 0 radical (unpaired) electrons. The first-order chi connectivity index (χ1) is 12.0. The number of anilines is 1. The molecular formula is C16H10BrCl2N3OSSe. The molecule has 0 bridgehead atoms. The van der Waals surface area contributed by atoms with Crippen LogP contribution >= 0.6 is 50.9 Å². The number of nitrogens with one attached hydrogen (secondary N) is 1. The van der Waals surface area contributed by atoms with Crippen LogP contribution in [-0.4, -0.2) is 35.6 Å². The second-order valence-electron chi connectivity index (χ2n) is 4.85. The van der Waals surface area contributed by atoms with E-state index in [9.17, 15) is 4.79 Å². The van der Waals surface area contributed by atoms with Crippen LogP contribution in [0, 0.1) is 0 Å². The number of para-hydroxylation sites is 1. The summed E-state index contributed by atoms with van der Waals surface area (Å²) in [6, 6.07) is 12.8. The van der Waals surface area contributed by atoms with E-state index in [0.717, 1.165) is 25.2 Å². The zero-order valence-corrected chi connectivity index (χ0v) is 18.1. The maximum absolute atomic E-state index is 12.2. The van der Waals surface area contributed by atoms with E-state index >= 15 is 0 Å². The van der Waals surface area contributed by atoms with Gasteiger partial charge in [0.25, 0.3) is 0 Å². The van der Waals surface area contributed by atoms with Gasteiger partial charge >= 0.3 is 174 Å². The van der Waals surface area contributed by atoms with Gasteiger partial charge in [-0.05, 0) is 0 Å². The van der Waals surface area contributed by atoms with Crippen LogP contribution in [0.2, 0.25) is 10.0 Å². The summed E-state index contributed by atoms with van der Waals surface area (Å²) in [4.78, 5) is 12.2. The topological polar surface area (TPSA) is 54.9 Å². The monoisotopic (exact) mass is 521 g/mol. The van der Waals surface area contributed by atoms with Crippen molar-refractivity contribution in [3.63, 3.8) is 0 Å². The average Bonchev–Trinajstić information content (AvgIpc) is 3.06. The van der Waals surface area contributed by atoms with Gasteiger partial charge in [-0.3, -0.25) is 0 Å². The summed E-state index contributed by atoms with van der Waals surface area (Å²) in [5.74, 6) is 0.203. The molecule has 1 aromatic heterocycles. The Kier molecular flexibility index (Phi) is 6.61. The molecule has 3 aromatic rings. The minimum absolute atomic E-state index is 0.0828. The molecule has 0 spiro atoms. The van der Waals surface area contributed by atoms with Gasteiger partial charge in [0.05, 0.1) is 0 Å². The predicted octanol–water partition coefficient (Wildman–Crippen LogP) is 5.00. The molecule has 0 aliphatic heterocycles. The first kappa shape index (κ1) is 19.0. The predicted molar refractivity (Wildman–Crippen MR) is 108 cm³/mol. The van der Waals surface area contributed by atoms with E-state index in [0.29, 0.717) is 10.0 Å². The number of benzene rings is 2. The number of thioether (sulfide) groups is 1. The van der Waals surface area contributed by atoms with Crippen molar-refractivity contribution < 1.29 is 4.79 Å². The molecule has 1 heterocycles.